The summed E-state index contributed by atoms with van der Waals surface area (Å²) in [7, 11) is 0. The number of hydrogen-bond donors (Lipinski definition) is 2. The van der Waals surface area contributed by atoms with Crippen LogP contribution in [-0.2, 0) is 11.2 Å². The second-order valence-electron chi connectivity index (χ2n) is 4.37. The summed E-state index contributed by atoms with van der Waals surface area (Å²) in [4.78, 5) is 12.4. The molecule has 3 N–H and O–H groups in total. The van der Waals surface area contributed by atoms with Gasteiger partial charge in [0.1, 0.15) is 11.7 Å². The van der Waals surface area contributed by atoms with Crippen LogP contribution in [0.15, 0.2) is 53.1 Å². The van der Waals surface area contributed by atoms with E-state index in [0.717, 1.165) is 11.3 Å². The number of benzene rings is 1. The van der Waals surface area contributed by atoms with Crippen LogP contribution in [0.3, 0.4) is 0 Å². The van der Waals surface area contributed by atoms with Gasteiger partial charge in [-0.05, 0) is 17.7 Å². The van der Waals surface area contributed by atoms with Crippen LogP contribution in [0.2, 0.25) is 0 Å². The zero-order valence-electron chi connectivity index (χ0n) is 10.9. The molecule has 104 valence electrons. The lowest BCUT2D eigenvalue weighted by Gasteiger charge is -2.15. The van der Waals surface area contributed by atoms with Gasteiger partial charge in [0.15, 0.2) is 0 Å². The first kappa shape index (κ1) is 14.3. The highest BCUT2D eigenvalue weighted by atomic mass is 32.1. The van der Waals surface area contributed by atoms with E-state index < -0.39 is 5.92 Å². The molecule has 0 fully saturated rings. The molecule has 0 aliphatic heterocycles. The van der Waals surface area contributed by atoms with Crippen LogP contribution < -0.4 is 11.1 Å². The van der Waals surface area contributed by atoms with Gasteiger partial charge in [-0.25, -0.2) is 0 Å². The molecule has 0 saturated carbocycles. The van der Waals surface area contributed by atoms with E-state index in [-0.39, 0.29) is 10.9 Å². The zero-order chi connectivity index (χ0) is 14.4. The Balaban J connectivity index is 1.96. The second-order valence-corrected chi connectivity index (χ2v) is 4.84. The van der Waals surface area contributed by atoms with E-state index in [1.54, 1.807) is 6.26 Å². The van der Waals surface area contributed by atoms with E-state index in [9.17, 15) is 4.79 Å². The molecule has 0 aliphatic carbocycles. The number of thiocarbonyl (C=S) groups is 1. The highest BCUT2D eigenvalue weighted by Gasteiger charge is 2.22. The van der Waals surface area contributed by atoms with Gasteiger partial charge in [0.05, 0.1) is 11.3 Å². The average molecular weight is 288 g/mol. The van der Waals surface area contributed by atoms with Crippen LogP contribution in [0.1, 0.15) is 17.2 Å². The third kappa shape index (κ3) is 3.68. The fraction of sp³-hybridized carbons (Fsp3) is 0.200. The van der Waals surface area contributed by atoms with Crippen molar-refractivity contribution in [2.24, 2.45) is 5.73 Å². The number of furan rings is 1. The second kappa shape index (κ2) is 6.86. The minimum Gasteiger partial charge on any atom is -0.469 e. The summed E-state index contributed by atoms with van der Waals surface area (Å²) >= 11 is 5.00. The first-order valence-corrected chi connectivity index (χ1v) is 6.73. The molecule has 0 spiro atoms. The van der Waals surface area contributed by atoms with Crippen LogP contribution in [0.4, 0.5) is 0 Å². The van der Waals surface area contributed by atoms with E-state index in [4.69, 9.17) is 22.4 Å². The van der Waals surface area contributed by atoms with E-state index in [2.05, 4.69) is 5.32 Å². The van der Waals surface area contributed by atoms with Gasteiger partial charge >= 0.3 is 0 Å². The summed E-state index contributed by atoms with van der Waals surface area (Å²) in [5, 5.41) is 2.83. The third-order valence-corrected chi connectivity index (χ3v) is 3.17. The Kier molecular flexibility index (Phi) is 4.90. The maximum absolute atomic E-state index is 12.2. The number of amides is 1. The molecule has 0 bridgehead atoms. The Labute approximate surface area is 123 Å². The predicted octanol–water partition coefficient (Wildman–Crippen LogP) is 2.01. The first-order valence-electron chi connectivity index (χ1n) is 6.33. The minimum absolute atomic E-state index is 0.173. The number of rotatable bonds is 6. The lowest BCUT2D eigenvalue weighted by molar-refractivity contribution is -0.121. The molecule has 0 saturated heterocycles. The topological polar surface area (TPSA) is 68.3 Å². The van der Waals surface area contributed by atoms with Crippen molar-refractivity contribution in [1.29, 1.82) is 0 Å². The number of nitrogens with one attached hydrogen (secondary N) is 1. The van der Waals surface area contributed by atoms with Crippen molar-refractivity contribution < 1.29 is 9.21 Å². The van der Waals surface area contributed by atoms with Gasteiger partial charge in [-0.2, -0.15) is 0 Å². The molecule has 1 aromatic carbocycles. The Morgan fingerprint density at radius 1 is 1.25 bits per heavy atom. The summed E-state index contributed by atoms with van der Waals surface area (Å²) in [6.45, 7) is 0.484. The lowest BCUT2D eigenvalue weighted by Crippen LogP contribution is -2.37. The Bertz CT molecular complexity index is 567. The number of nitrogens with two attached hydrogens (primary N) is 1. The van der Waals surface area contributed by atoms with Gasteiger partial charge < -0.3 is 15.5 Å². The molecule has 0 aliphatic rings. The van der Waals surface area contributed by atoms with Crippen LogP contribution in [0.25, 0.3) is 0 Å². The molecule has 20 heavy (non-hydrogen) atoms. The molecular weight excluding hydrogens is 272 g/mol. The van der Waals surface area contributed by atoms with Gasteiger partial charge in [-0.1, -0.05) is 42.5 Å². The molecule has 0 radical (unpaired) electrons. The van der Waals surface area contributed by atoms with Crippen molar-refractivity contribution in [3.05, 3.63) is 60.1 Å². The Hall–Kier alpha value is -2.14. The normalized spacial score (nSPS) is 11.8. The first-order chi connectivity index (χ1) is 9.68. The molecular formula is C15H16N2O2S. The summed E-state index contributed by atoms with van der Waals surface area (Å²) < 4.78 is 5.21. The molecule has 1 aromatic heterocycles. The SMILES string of the molecule is NC(=S)C(C(=O)NCCc1ccco1)c1ccccc1. The summed E-state index contributed by atoms with van der Waals surface area (Å²) in [5.41, 5.74) is 6.49. The largest absolute Gasteiger partial charge is 0.469 e. The molecule has 1 unspecified atom stereocenters. The zero-order valence-corrected chi connectivity index (χ0v) is 11.7. The van der Waals surface area contributed by atoms with Crippen molar-refractivity contribution >= 4 is 23.1 Å². The van der Waals surface area contributed by atoms with E-state index >= 15 is 0 Å². The fourth-order valence-electron chi connectivity index (χ4n) is 1.96. The van der Waals surface area contributed by atoms with Crippen molar-refractivity contribution in [2.75, 3.05) is 6.54 Å². The van der Waals surface area contributed by atoms with Crippen molar-refractivity contribution in [3.63, 3.8) is 0 Å². The molecule has 1 heterocycles. The van der Waals surface area contributed by atoms with Gasteiger partial charge in [0, 0.05) is 13.0 Å². The van der Waals surface area contributed by atoms with Crippen LogP contribution >= 0.6 is 12.2 Å². The van der Waals surface area contributed by atoms with Crippen molar-refractivity contribution in [1.82, 2.24) is 5.32 Å². The summed E-state index contributed by atoms with van der Waals surface area (Å²) in [6, 6.07) is 13.0. The van der Waals surface area contributed by atoms with Crippen LogP contribution in [0.5, 0.6) is 0 Å². The van der Waals surface area contributed by atoms with Gasteiger partial charge in [0.25, 0.3) is 0 Å². The van der Waals surface area contributed by atoms with Crippen LogP contribution in [-0.4, -0.2) is 17.4 Å². The van der Waals surface area contributed by atoms with Crippen molar-refractivity contribution in [2.45, 2.75) is 12.3 Å². The maximum atomic E-state index is 12.2. The molecule has 4 nitrogen and oxygen atoms in total. The highest BCUT2D eigenvalue weighted by Crippen LogP contribution is 2.16. The van der Waals surface area contributed by atoms with Crippen molar-refractivity contribution in [3.8, 4) is 0 Å². The highest BCUT2D eigenvalue weighted by molar-refractivity contribution is 7.80. The number of carbonyl (C=O) groups excluding carboxylic acids is 1. The lowest BCUT2D eigenvalue weighted by atomic mass is 9.98. The Morgan fingerprint density at radius 3 is 2.60 bits per heavy atom. The van der Waals surface area contributed by atoms with Gasteiger partial charge in [-0.15, -0.1) is 0 Å². The fourth-order valence-corrected chi connectivity index (χ4v) is 2.20. The van der Waals surface area contributed by atoms with E-state index in [1.807, 2.05) is 42.5 Å². The molecule has 5 heteroatoms. The monoisotopic (exact) mass is 288 g/mol. The standard InChI is InChI=1S/C15H16N2O2S/c16-14(20)13(11-5-2-1-3-6-11)15(18)17-9-8-12-7-4-10-19-12/h1-7,10,13H,8-9H2,(H2,16,20)(H,17,18). The van der Waals surface area contributed by atoms with E-state index in [0.29, 0.717) is 13.0 Å². The molecule has 2 rings (SSSR count). The number of hydrogen-bond acceptors (Lipinski definition) is 3. The molecule has 1 atom stereocenters. The summed E-state index contributed by atoms with van der Waals surface area (Å²) in [5.74, 6) is 0.0509. The summed E-state index contributed by atoms with van der Waals surface area (Å²) in [6.07, 6.45) is 2.25. The minimum atomic E-state index is -0.595. The van der Waals surface area contributed by atoms with Gasteiger partial charge in [0.2, 0.25) is 5.91 Å². The average Bonchev–Trinajstić information content (AvgIpc) is 2.93. The quantitative estimate of drug-likeness (QED) is 0.798. The maximum Gasteiger partial charge on any atom is 0.234 e. The van der Waals surface area contributed by atoms with Gasteiger partial charge in [-0.3, -0.25) is 4.79 Å². The molecule has 1 amide bonds. The third-order valence-electron chi connectivity index (χ3n) is 2.93. The smallest absolute Gasteiger partial charge is 0.234 e. The Morgan fingerprint density at radius 2 is 2.00 bits per heavy atom. The molecule has 2 aromatic rings. The predicted molar refractivity (Wildman–Crippen MR) is 81.4 cm³/mol. The van der Waals surface area contributed by atoms with Crippen LogP contribution in [0, 0.1) is 0 Å². The van der Waals surface area contributed by atoms with E-state index in [1.165, 1.54) is 0 Å². The number of carbonyl (C=O) groups is 1.